The van der Waals surface area contributed by atoms with E-state index in [0.717, 1.165) is 14.7 Å². The number of benzene rings is 2. The molecule has 7 heteroatoms. The van der Waals surface area contributed by atoms with Crippen LogP contribution in [0.15, 0.2) is 53.7 Å². The third-order valence-electron chi connectivity index (χ3n) is 4.54. The Morgan fingerprint density at radius 1 is 1.17 bits per heavy atom. The summed E-state index contributed by atoms with van der Waals surface area (Å²) in [7, 11) is 0. The molecule has 0 spiro atoms. The van der Waals surface area contributed by atoms with Crippen molar-refractivity contribution in [1.82, 2.24) is 10.6 Å². The predicted octanol–water partition coefficient (Wildman–Crippen LogP) is 4.49. The first kappa shape index (κ1) is 21.2. The minimum atomic E-state index is -0.544. The number of rotatable bonds is 7. The average molecular weight is 506 g/mol. The number of halogens is 1. The van der Waals surface area contributed by atoms with E-state index >= 15 is 0 Å². The van der Waals surface area contributed by atoms with Crippen molar-refractivity contribution in [2.24, 2.45) is 0 Å². The van der Waals surface area contributed by atoms with Gasteiger partial charge in [0.25, 0.3) is 0 Å². The number of Topliss-reactive ketones (excluding diaryl/α,β-unsaturated/α-hetero) is 1. The van der Waals surface area contributed by atoms with Gasteiger partial charge in [-0.1, -0.05) is 30.3 Å². The molecule has 2 aromatic rings. The van der Waals surface area contributed by atoms with Crippen molar-refractivity contribution in [2.45, 2.75) is 33.4 Å². The van der Waals surface area contributed by atoms with Crippen LogP contribution in [0.1, 0.15) is 37.9 Å². The van der Waals surface area contributed by atoms with Gasteiger partial charge in [0.05, 0.1) is 16.2 Å². The molecule has 2 N–H and O–H groups in total. The number of ether oxygens (including phenoxy) is 2. The fourth-order valence-corrected chi connectivity index (χ4v) is 4.08. The van der Waals surface area contributed by atoms with Crippen molar-refractivity contribution >= 4 is 34.4 Å². The monoisotopic (exact) mass is 506 g/mol. The van der Waals surface area contributed by atoms with E-state index in [4.69, 9.17) is 9.47 Å². The second-order valence-corrected chi connectivity index (χ2v) is 7.83. The smallest absolute Gasteiger partial charge is 0.319 e. The lowest BCUT2D eigenvalue weighted by Gasteiger charge is -2.29. The Morgan fingerprint density at radius 3 is 2.55 bits per heavy atom. The number of hydrogen-bond donors (Lipinski definition) is 2. The van der Waals surface area contributed by atoms with E-state index in [2.05, 4.69) is 33.2 Å². The quantitative estimate of drug-likeness (QED) is 0.543. The highest BCUT2D eigenvalue weighted by Gasteiger charge is 2.30. The van der Waals surface area contributed by atoms with E-state index in [-0.39, 0.29) is 11.8 Å². The molecular weight excluding hydrogens is 483 g/mol. The summed E-state index contributed by atoms with van der Waals surface area (Å²) in [4.78, 5) is 24.2. The van der Waals surface area contributed by atoms with E-state index in [1.54, 1.807) is 6.92 Å². The molecule has 2 aromatic carbocycles. The van der Waals surface area contributed by atoms with Gasteiger partial charge in [0.2, 0.25) is 0 Å². The number of amides is 2. The van der Waals surface area contributed by atoms with Crippen LogP contribution in [-0.4, -0.2) is 18.4 Å². The van der Waals surface area contributed by atoms with Gasteiger partial charge in [-0.05, 0) is 66.6 Å². The third kappa shape index (κ3) is 4.90. The van der Waals surface area contributed by atoms with Gasteiger partial charge in [-0.3, -0.25) is 4.79 Å². The molecule has 1 aliphatic rings. The largest absolute Gasteiger partial charge is 0.490 e. The fraction of sp³-hybridized carbons (Fsp3) is 0.273. The highest BCUT2D eigenvalue weighted by atomic mass is 127. The normalized spacial score (nSPS) is 16.1. The molecule has 0 bridgehead atoms. The maximum atomic E-state index is 12.2. The van der Waals surface area contributed by atoms with Crippen molar-refractivity contribution in [3.05, 3.63) is 68.4 Å². The van der Waals surface area contributed by atoms with Crippen LogP contribution in [0.4, 0.5) is 4.79 Å². The first-order valence-corrected chi connectivity index (χ1v) is 10.4. The fourth-order valence-electron chi connectivity index (χ4n) is 3.30. The lowest BCUT2D eigenvalue weighted by atomic mass is 9.93. The molecule has 1 heterocycles. The number of allylic oxidation sites excluding steroid dienone is 1. The Bertz CT molecular complexity index is 957. The summed E-state index contributed by atoms with van der Waals surface area (Å²) in [5.74, 6) is 1.13. The van der Waals surface area contributed by atoms with Crippen molar-refractivity contribution in [2.75, 3.05) is 6.61 Å². The minimum Gasteiger partial charge on any atom is -0.490 e. The highest BCUT2D eigenvalue weighted by molar-refractivity contribution is 14.1. The molecule has 1 unspecified atom stereocenters. The highest BCUT2D eigenvalue weighted by Crippen LogP contribution is 2.38. The molecule has 6 nitrogen and oxygen atoms in total. The van der Waals surface area contributed by atoms with Gasteiger partial charge in [-0.2, -0.15) is 0 Å². The standard InChI is InChI=1S/C22H23IN2O4/c1-4-28-18-11-16(20-19(14(3)26)13(2)24-22(27)25-20)10-17(23)21(18)29-12-15-8-6-5-7-9-15/h5-11,20H,4,12H2,1-3H3,(H2,24,25,27). The van der Waals surface area contributed by atoms with Gasteiger partial charge in [0.1, 0.15) is 6.61 Å². The van der Waals surface area contributed by atoms with Crippen molar-refractivity contribution in [3.8, 4) is 11.5 Å². The molecule has 2 amide bonds. The summed E-state index contributed by atoms with van der Waals surface area (Å²) in [6.07, 6.45) is 0. The Hall–Kier alpha value is -2.55. The predicted molar refractivity (Wildman–Crippen MR) is 119 cm³/mol. The maximum Gasteiger partial charge on any atom is 0.319 e. The third-order valence-corrected chi connectivity index (χ3v) is 5.34. The summed E-state index contributed by atoms with van der Waals surface area (Å²) in [6, 6.07) is 12.8. The molecule has 3 rings (SSSR count). The number of carbonyl (C=O) groups excluding carboxylic acids is 2. The van der Waals surface area contributed by atoms with Crippen LogP contribution in [0.5, 0.6) is 11.5 Å². The van der Waals surface area contributed by atoms with Crippen LogP contribution in [0, 0.1) is 3.57 Å². The average Bonchev–Trinajstić information content (AvgIpc) is 2.67. The number of ketones is 1. The number of nitrogens with one attached hydrogen (secondary N) is 2. The molecule has 0 fully saturated rings. The van der Waals surface area contributed by atoms with Gasteiger partial charge in [-0.25, -0.2) is 4.79 Å². The molecular formula is C22H23IN2O4. The summed E-state index contributed by atoms with van der Waals surface area (Å²) < 4.78 is 12.7. The SMILES string of the molecule is CCOc1cc(C2NC(=O)NC(C)=C2C(C)=O)cc(I)c1OCc1ccccc1. The van der Waals surface area contributed by atoms with E-state index in [0.29, 0.717) is 36.0 Å². The molecule has 152 valence electrons. The topological polar surface area (TPSA) is 76.7 Å². The molecule has 29 heavy (non-hydrogen) atoms. The molecule has 0 aliphatic carbocycles. The number of urea groups is 1. The maximum absolute atomic E-state index is 12.2. The van der Waals surface area contributed by atoms with Crippen molar-refractivity contribution in [3.63, 3.8) is 0 Å². The van der Waals surface area contributed by atoms with Gasteiger partial charge >= 0.3 is 6.03 Å². The first-order chi connectivity index (χ1) is 13.9. The summed E-state index contributed by atoms with van der Waals surface area (Å²) in [5.41, 5.74) is 2.91. The molecule has 0 radical (unpaired) electrons. The Kier molecular flexibility index (Phi) is 6.79. The molecule has 0 saturated carbocycles. The number of carbonyl (C=O) groups is 2. The molecule has 0 aromatic heterocycles. The Balaban J connectivity index is 1.97. The zero-order valence-electron chi connectivity index (χ0n) is 16.5. The van der Waals surface area contributed by atoms with Crippen LogP contribution in [0.2, 0.25) is 0 Å². The van der Waals surface area contributed by atoms with Crippen LogP contribution < -0.4 is 20.1 Å². The summed E-state index contributed by atoms with van der Waals surface area (Å²) >= 11 is 2.19. The van der Waals surface area contributed by atoms with Crippen molar-refractivity contribution < 1.29 is 19.1 Å². The van der Waals surface area contributed by atoms with Gasteiger partial charge < -0.3 is 20.1 Å². The lowest BCUT2D eigenvalue weighted by molar-refractivity contribution is -0.114. The summed E-state index contributed by atoms with van der Waals surface area (Å²) in [5, 5.41) is 5.51. The van der Waals surface area contributed by atoms with Gasteiger partial charge in [-0.15, -0.1) is 0 Å². The van der Waals surface area contributed by atoms with Crippen molar-refractivity contribution in [1.29, 1.82) is 0 Å². The molecule has 1 atom stereocenters. The van der Waals surface area contributed by atoms with Crippen LogP contribution in [0.3, 0.4) is 0 Å². The van der Waals surface area contributed by atoms with Gasteiger partial charge in [0.15, 0.2) is 17.3 Å². The van der Waals surface area contributed by atoms with E-state index in [1.165, 1.54) is 6.92 Å². The molecule has 0 saturated heterocycles. The van der Waals surface area contributed by atoms with E-state index in [1.807, 2.05) is 49.4 Å². The second-order valence-electron chi connectivity index (χ2n) is 6.66. The van der Waals surface area contributed by atoms with Crippen LogP contribution in [-0.2, 0) is 11.4 Å². The summed E-state index contributed by atoms with van der Waals surface area (Å²) in [6.45, 7) is 6.01. The minimum absolute atomic E-state index is 0.0997. The number of hydrogen-bond acceptors (Lipinski definition) is 4. The van der Waals surface area contributed by atoms with E-state index < -0.39 is 6.04 Å². The lowest BCUT2D eigenvalue weighted by Crippen LogP contribution is -2.44. The zero-order valence-corrected chi connectivity index (χ0v) is 18.7. The van der Waals surface area contributed by atoms with Crippen LogP contribution in [0.25, 0.3) is 0 Å². The van der Waals surface area contributed by atoms with Crippen LogP contribution >= 0.6 is 22.6 Å². The first-order valence-electron chi connectivity index (χ1n) is 9.32. The second kappa shape index (κ2) is 9.30. The Labute approximate surface area is 183 Å². The molecule has 1 aliphatic heterocycles. The van der Waals surface area contributed by atoms with E-state index in [9.17, 15) is 9.59 Å². The van der Waals surface area contributed by atoms with Gasteiger partial charge in [0, 0.05) is 11.3 Å². The Morgan fingerprint density at radius 2 is 1.90 bits per heavy atom. The zero-order chi connectivity index (χ0) is 21.0.